The highest BCUT2D eigenvalue weighted by molar-refractivity contribution is 7.22. The molecule has 5 heteroatoms. The van der Waals surface area contributed by atoms with Gasteiger partial charge in [-0.05, 0) is 13.1 Å². The standard InChI is InChI=1S/C6H12O4Si/c1-9-5(7)11(3,4)6(8)10-2/h1-4H3. The Labute approximate surface area is 66.5 Å². The van der Waals surface area contributed by atoms with Gasteiger partial charge in [0, 0.05) is 0 Å². The molecule has 0 saturated carbocycles. The Kier molecular flexibility index (Phi) is 3.25. The molecule has 11 heavy (non-hydrogen) atoms. The van der Waals surface area contributed by atoms with E-state index < -0.39 is 19.3 Å². The first kappa shape index (κ1) is 10.2. The van der Waals surface area contributed by atoms with Crippen LogP contribution in [0.25, 0.3) is 0 Å². The van der Waals surface area contributed by atoms with Crippen LogP contribution < -0.4 is 0 Å². The normalized spacial score (nSPS) is 10.5. The molecule has 0 aliphatic rings. The predicted molar refractivity (Wildman–Crippen MR) is 42.3 cm³/mol. The molecule has 0 unspecified atom stereocenters. The van der Waals surface area contributed by atoms with E-state index in [1.165, 1.54) is 14.2 Å². The van der Waals surface area contributed by atoms with Crippen LogP contribution in [0.2, 0.25) is 13.1 Å². The molecule has 0 aliphatic heterocycles. The van der Waals surface area contributed by atoms with Crippen molar-refractivity contribution in [1.29, 1.82) is 0 Å². The minimum absolute atomic E-state index is 0.454. The number of hydrogen-bond acceptors (Lipinski definition) is 4. The zero-order chi connectivity index (χ0) is 9.07. The molecule has 0 radical (unpaired) electrons. The van der Waals surface area contributed by atoms with Crippen molar-refractivity contribution >= 4 is 19.3 Å². The first-order valence-electron chi connectivity index (χ1n) is 3.13. The molecule has 0 aromatic heterocycles. The molecule has 0 fully saturated rings. The van der Waals surface area contributed by atoms with Crippen LogP contribution in [0.4, 0.5) is 9.59 Å². The van der Waals surface area contributed by atoms with E-state index in [0.29, 0.717) is 0 Å². The van der Waals surface area contributed by atoms with Crippen LogP contribution in [-0.4, -0.2) is 33.5 Å². The Morgan fingerprint density at radius 3 is 1.45 bits per heavy atom. The van der Waals surface area contributed by atoms with Crippen molar-refractivity contribution in [1.82, 2.24) is 0 Å². The van der Waals surface area contributed by atoms with Gasteiger partial charge in [0.2, 0.25) is 0 Å². The molecule has 0 bridgehead atoms. The molecule has 0 amide bonds. The average Bonchev–Trinajstić information content (AvgIpc) is 2.01. The van der Waals surface area contributed by atoms with Crippen molar-refractivity contribution in [2.24, 2.45) is 0 Å². The Balaban J connectivity index is 4.44. The number of methoxy groups -OCH3 is 2. The van der Waals surface area contributed by atoms with Crippen molar-refractivity contribution < 1.29 is 19.1 Å². The number of ether oxygens (including phenoxy) is 2. The molecular formula is C6H12O4Si. The summed E-state index contributed by atoms with van der Waals surface area (Å²) in [6.07, 6.45) is 0. The summed E-state index contributed by atoms with van der Waals surface area (Å²) in [6.45, 7) is 3.18. The first-order valence-corrected chi connectivity index (χ1v) is 6.13. The Bertz CT molecular complexity index is 157. The van der Waals surface area contributed by atoms with Gasteiger partial charge < -0.3 is 9.47 Å². The third kappa shape index (κ3) is 2.04. The second-order valence-corrected chi connectivity index (χ2v) is 6.67. The van der Waals surface area contributed by atoms with E-state index in [1.54, 1.807) is 13.1 Å². The summed E-state index contributed by atoms with van der Waals surface area (Å²) in [5.41, 5.74) is -0.909. The fraction of sp³-hybridized carbons (Fsp3) is 0.667. The minimum atomic E-state index is -2.63. The largest absolute Gasteiger partial charge is 0.473 e. The van der Waals surface area contributed by atoms with Crippen LogP contribution in [0.15, 0.2) is 0 Å². The SMILES string of the molecule is COC(=O)[Si](C)(C)C(=O)OC. The van der Waals surface area contributed by atoms with Crippen molar-refractivity contribution in [3.05, 3.63) is 0 Å². The van der Waals surface area contributed by atoms with Crippen molar-refractivity contribution in [3.63, 3.8) is 0 Å². The topological polar surface area (TPSA) is 52.6 Å². The van der Waals surface area contributed by atoms with Crippen LogP contribution >= 0.6 is 0 Å². The molecule has 0 spiro atoms. The molecule has 0 N–H and O–H groups in total. The molecule has 0 aromatic carbocycles. The summed E-state index contributed by atoms with van der Waals surface area (Å²) < 4.78 is 8.92. The first-order chi connectivity index (χ1) is 4.96. The van der Waals surface area contributed by atoms with E-state index >= 15 is 0 Å². The van der Waals surface area contributed by atoms with Crippen molar-refractivity contribution in [3.8, 4) is 0 Å². The predicted octanol–water partition coefficient (Wildman–Crippen LogP) is 1.39. The molecule has 4 nitrogen and oxygen atoms in total. The molecule has 0 aliphatic carbocycles. The fourth-order valence-electron chi connectivity index (χ4n) is 0.594. The highest BCUT2D eigenvalue weighted by Gasteiger charge is 2.42. The van der Waals surface area contributed by atoms with Gasteiger partial charge in [-0.1, -0.05) is 0 Å². The summed E-state index contributed by atoms with van der Waals surface area (Å²) in [5, 5.41) is 0. The lowest BCUT2D eigenvalue weighted by atomic mass is 11.4. The van der Waals surface area contributed by atoms with E-state index in [4.69, 9.17) is 0 Å². The summed E-state index contributed by atoms with van der Waals surface area (Å²) in [6, 6.07) is 0. The molecule has 0 saturated heterocycles. The Morgan fingerprint density at radius 2 is 1.27 bits per heavy atom. The van der Waals surface area contributed by atoms with Gasteiger partial charge in [0.05, 0.1) is 14.2 Å². The number of carbonyl (C=O) groups excluding carboxylic acids is 2. The minimum Gasteiger partial charge on any atom is -0.473 e. The van der Waals surface area contributed by atoms with E-state index in [1.807, 2.05) is 0 Å². The van der Waals surface area contributed by atoms with Gasteiger partial charge in [-0.15, -0.1) is 0 Å². The second-order valence-electron chi connectivity index (χ2n) is 2.61. The summed E-state index contributed by atoms with van der Waals surface area (Å²) in [5.74, 6) is 0. The summed E-state index contributed by atoms with van der Waals surface area (Å²) >= 11 is 0. The van der Waals surface area contributed by atoms with E-state index in [0.717, 1.165) is 0 Å². The van der Waals surface area contributed by atoms with Gasteiger partial charge in [0.25, 0.3) is 11.2 Å². The van der Waals surface area contributed by atoms with E-state index in [-0.39, 0.29) is 0 Å². The number of hydrogen-bond donors (Lipinski definition) is 0. The molecule has 0 atom stereocenters. The summed E-state index contributed by atoms with van der Waals surface area (Å²) in [4.78, 5) is 21.9. The lowest BCUT2D eigenvalue weighted by Gasteiger charge is -2.14. The van der Waals surface area contributed by atoms with Gasteiger partial charge in [0.1, 0.15) is 0 Å². The van der Waals surface area contributed by atoms with Crippen molar-refractivity contribution in [2.75, 3.05) is 14.2 Å². The maximum absolute atomic E-state index is 11.0. The molecule has 0 rings (SSSR count). The third-order valence-corrected chi connectivity index (χ3v) is 3.84. The smallest absolute Gasteiger partial charge is 0.306 e. The maximum Gasteiger partial charge on any atom is 0.306 e. The van der Waals surface area contributed by atoms with Crippen LogP contribution in [0.3, 0.4) is 0 Å². The van der Waals surface area contributed by atoms with Gasteiger partial charge in [-0.2, -0.15) is 0 Å². The molecular weight excluding hydrogens is 164 g/mol. The Hall–Kier alpha value is -0.843. The second kappa shape index (κ2) is 3.52. The van der Waals surface area contributed by atoms with Crippen LogP contribution in [-0.2, 0) is 9.47 Å². The number of carbonyl (C=O) groups is 2. The van der Waals surface area contributed by atoms with E-state index in [9.17, 15) is 9.59 Å². The monoisotopic (exact) mass is 176 g/mol. The van der Waals surface area contributed by atoms with Crippen LogP contribution in [0.5, 0.6) is 0 Å². The van der Waals surface area contributed by atoms with Gasteiger partial charge in [-0.25, -0.2) is 0 Å². The van der Waals surface area contributed by atoms with Crippen LogP contribution in [0, 0.1) is 0 Å². The zero-order valence-electron chi connectivity index (χ0n) is 7.13. The fourth-order valence-corrected chi connectivity index (χ4v) is 1.78. The average molecular weight is 176 g/mol. The third-order valence-electron chi connectivity index (χ3n) is 1.39. The van der Waals surface area contributed by atoms with Gasteiger partial charge >= 0.3 is 8.07 Å². The Morgan fingerprint density at radius 1 is 1.00 bits per heavy atom. The highest BCUT2D eigenvalue weighted by Crippen LogP contribution is 2.08. The van der Waals surface area contributed by atoms with Crippen molar-refractivity contribution in [2.45, 2.75) is 13.1 Å². The molecule has 0 heterocycles. The lowest BCUT2D eigenvalue weighted by molar-refractivity contribution is 0.186. The van der Waals surface area contributed by atoms with E-state index in [2.05, 4.69) is 9.47 Å². The highest BCUT2D eigenvalue weighted by atomic mass is 28.3. The quantitative estimate of drug-likeness (QED) is 0.597. The molecule has 64 valence electrons. The maximum atomic E-state index is 11.0. The van der Waals surface area contributed by atoms with Crippen LogP contribution in [0.1, 0.15) is 0 Å². The lowest BCUT2D eigenvalue weighted by Crippen LogP contribution is -2.46. The molecule has 0 aromatic rings. The zero-order valence-corrected chi connectivity index (χ0v) is 8.13. The van der Waals surface area contributed by atoms with Gasteiger partial charge in [-0.3, -0.25) is 9.59 Å². The summed E-state index contributed by atoms with van der Waals surface area (Å²) in [7, 11) is -0.105. The van der Waals surface area contributed by atoms with Gasteiger partial charge in [0.15, 0.2) is 0 Å². The number of rotatable bonds is 2.